The van der Waals surface area contributed by atoms with Crippen molar-refractivity contribution in [3.05, 3.63) is 216 Å². The molecular formula is C59H44N6. The first-order valence-corrected chi connectivity index (χ1v) is 22.0. The van der Waals surface area contributed by atoms with Crippen molar-refractivity contribution in [2.75, 3.05) is 0 Å². The molecule has 0 saturated heterocycles. The molecule has 10 aromatic rings. The third-order valence-corrected chi connectivity index (χ3v) is 12.7. The Morgan fingerprint density at radius 1 is 0.262 bits per heavy atom. The highest BCUT2D eigenvalue weighted by atomic mass is 15.0. The number of rotatable bonds is 8. The minimum absolute atomic E-state index is 0.136. The van der Waals surface area contributed by atoms with Crippen molar-refractivity contribution in [2.24, 2.45) is 0 Å². The van der Waals surface area contributed by atoms with E-state index in [0.717, 1.165) is 66.8 Å². The zero-order valence-corrected chi connectivity index (χ0v) is 36.7. The van der Waals surface area contributed by atoms with Gasteiger partial charge in [0, 0.05) is 38.8 Å². The normalized spacial score (nSPS) is 12.4. The van der Waals surface area contributed by atoms with E-state index in [1.165, 1.54) is 22.3 Å². The Labute approximate surface area is 379 Å². The van der Waals surface area contributed by atoms with Gasteiger partial charge in [-0.1, -0.05) is 196 Å². The highest BCUT2D eigenvalue weighted by Gasteiger charge is 2.35. The molecule has 1 aliphatic carbocycles. The minimum atomic E-state index is -0.136. The molecule has 1 aliphatic rings. The van der Waals surface area contributed by atoms with Crippen LogP contribution in [-0.2, 0) is 5.41 Å². The first-order valence-electron chi connectivity index (χ1n) is 22.0. The van der Waals surface area contributed by atoms with Crippen molar-refractivity contribution >= 4 is 0 Å². The highest BCUT2D eigenvalue weighted by molar-refractivity contribution is 5.88. The van der Waals surface area contributed by atoms with Gasteiger partial charge in [-0.05, 0) is 81.6 Å². The fourth-order valence-corrected chi connectivity index (χ4v) is 9.08. The second kappa shape index (κ2) is 16.2. The smallest absolute Gasteiger partial charge is 0.164 e. The lowest BCUT2D eigenvalue weighted by Crippen LogP contribution is -2.14. The van der Waals surface area contributed by atoms with Crippen LogP contribution in [0.15, 0.2) is 194 Å². The van der Waals surface area contributed by atoms with Gasteiger partial charge in [-0.2, -0.15) is 0 Å². The number of hydrogen-bond donors (Lipinski definition) is 0. The first kappa shape index (κ1) is 39.6. The molecule has 0 spiro atoms. The van der Waals surface area contributed by atoms with Crippen molar-refractivity contribution in [1.82, 2.24) is 29.9 Å². The Balaban J connectivity index is 0.913. The molecule has 11 rings (SSSR count). The van der Waals surface area contributed by atoms with Gasteiger partial charge in [-0.25, -0.2) is 29.9 Å². The first-order chi connectivity index (χ1) is 31.8. The molecule has 0 N–H and O–H groups in total. The fraction of sp³-hybridized carbons (Fsp3) is 0.0847. The molecule has 0 unspecified atom stereocenters. The molecular weight excluding hydrogens is 793 g/mol. The van der Waals surface area contributed by atoms with E-state index in [9.17, 15) is 0 Å². The van der Waals surface area contributed by atoms with Crippen LogP contribution >= 0.6 is 0 Å². The second-order valence-electron chi connectivity index (χ2n) is 17.3. The molecule has 310 valence electrons. The van der Waals surface area contributed by atoms with E-state index < -0.39 is 0 Å². The molecule has 0 bridgehead atoms. The summed E-state index contributed by atoms with van der Waals surface area (Å²) >= 11 is 0. The van der Waals surface area contributed by atoms with Crippen molar-refractivity contribution in [3.8, 4) is 102 Å². The van der Waals surface area contributed by atoms with Crippen LogP contribution in [-0.4, -0.2) is 29.9 Å². The van der Waals surface area contributed by atoms with Crippen LogP contribution in [0.1, 0.15) is 36.1 Å². The molecule has 0 saturated carbocycles. The molecule has 8 aromatic carbocycles. The topological polar surface area (TPSA) is 77.3 Å². The maximum atomic E-state index is 5.01. The van der Waals surface area contributed by atoms with E-state index in [2.05, 4.69) is 137 Å². The maximum Gasteiger partial charge on any atom is 0.164 e. The van der Waals surface area contributed by atoms with Gasteiger partial charge in [0.25, 0.3) is 0 Å². The molecule has 0 aliphatic heterocycles. The maximum absolute atomic E-state index is 5.01. The summed E-state index contributed by atoms with van der Waals surface area (Å²) in [7, 11) is 0. The standard InChI is InChI=1S/C59H44N6/c1-37-15-11-13-21-47(37)57-62-53(41-17-7-5-8-18-41)60-55(64-57)43-27-23-39(24-28-43)45-31-33-51-49(35-45)50-36-46(32-34-52(50)59(51,3)4)40-25-29-44(30-26-40)56-61-54(42-19-9-6-10-20-42)63-58(65-56)48-22-14-12-16-38(48)2/h5-36H,1-4H3. The van der Waals surface area contributed by atoms with Gasteiger partial charge in [0.15, 0.2) is 34.9 Å². The second-order valence-corrected chi connectivity index (χ2v) is 17.3. The average molecular weight is 837 g/mol. The Morgan fingerprint density at radius 3 is 0.923 bits per heavy atom. The van der Waals surface area contributed by atoms with E-state index in [4.69, 9.17) is 29.9 Å². The Hall–Kier alpha value is -8.22. The molecule has 0 amide bonds. The summed E-state index contributed by atoms with van der Waals surface area (Å²) in [6, 6.07) is 67.7. The van der Waals surface area contributed by atoms with Crippen molar-refractivity contribution in [2.45, 2.75) is 33.1 Å². The molecule has 0 atom stereocenters. The van der Waals surface area contributed by atoms with E-state index >= 15 is 0 Å². The number of hydrogen-bond acceptors (Lipinski definition) is 6. The zero-order valence-electron chi connectivity index (χ0n) is 36.7. The Bertz CT molecular complexity index is 3170. The highest BCUT2D eigenvalue weighted by Crippen LogP contribution is 2.50. The molecule has 0 radical (unpaired) electrons. The summed E-state index contributed by atoms with van der Waals surface area (Å²) in [4.78, 5) is 29.8. The monoisotopic (exact) mass is 836 g/mol. The fourth-order valence-electron chi connectivity index (χ4n) is 9.08. The van der Waals surface area contributed by atoms with E-state index in [1.807, 2.05) is 84.9 Å². The molecule has 2 heterocycles. The van der Waals surface area contributed by atoms with Crippen molar-refractivity contribution in [3.63, 3.8) is 0 Å². The molecule has 65 heavy (non-hydrogen) atoms. The van der Waals surface area contributed by atoms with E-state index in [1.54, 1.807) is 0 Å². The van der Waals surface area contributed by atoms with Gasteiger partial charge in [-0.15, -0.1) is 0 Å². The number of aromatic nitrogens is 6. The third-order valence-electron chi connectivity index (χ3n) is 12.7. The van der Waals surface area contributed by atoms with Crippen LogP contribution in [0, 0.1) is 13.8 Å². The zero-order chi connectivity index (χ0) is 44.1. The number of fused-ring (bicyclic) bond motifs is 3. The minimum Gasteiger partial charge on any atom is -0.208 e. The lowest BCUT2D eigenvalue weighted by molar-refractivity contribution is 0.660. The lowest BCUT2D eigenvalue weighted by atomic mass is 9.82. The van der Waals surface area contributed by atoms with Gasteiger partial charge < -0.3 is 0 Å². The summed E-state index contributed by atoms with van der Waals surface area (Å²) in [5, 5.41) is 0. The summed E-state index contributed by atoms with van der Waals surface area (Å²) in [5.41, 5.74) is 17.6. The summed E-state index contributed by atoms with van der Waals surface area (Å²) in [5.74, 6) is 3.93. The summed E-state index contributed by atoms with van der Waals surface area (Å²) in [6.45, 7) is 8.84. The van der Waals surface area contributed by atoms with Gasteiger partial charge in [-0.3, -0.25) is 0 Å². The summed E-state index contributed by atoms with van der Waals surface area (Å²) in [6.07, 6.45) is 0. The van der Waals surface area contributed by atoms with Crippen LogP contribution in [0.3, 0.4) is 0 Å². The van der Waals surface area contributed by atoms with Crippen LogP contribution < -0.4 is 0 Å². The van der Waals surface area contributed by atoms with E-state index in [-0.39, 0.29) is 5.41 Å². The summed E-state index contributed by atoms with van der Waals surface area (Å²) < 4.78 is 0. The number of nitrogens with zero attached hydrogens (tertiary/aromatic N) is 6. The SMILES string of the molecule is Cc1ccccc1-c1nc(-c2ccccc2)nc(-c2ccc(-c3ccc4c(c3)-c3cc(-c5ccc(-c6nc(-c7ccccc7)nc(-c7ccccc7C)n6)cc5)ccc3C4(C)C)cc2)n1. The van der Waals surface area contributed by atoms with E-state index in [0.29, 0.717) is 34.9 Å². The van der Waals surface area contributed by atoms with Crippen molar-refractivity contribution < 1.29 is 0 Å². The Morgan fingerprint density at radius 2 is 0.554 bits per heavy atom. The van der Waals surface area contributed by atoms with Crippen LogP contribution in [0.25, 0.3) is 102 Å². The van der Waals surface area contributed by atoms with Crippen molar-refractivity contribution in [1.29, 1.82) is 0 Å². The van der Waals surface area contributed by atoms with Crippen LogP contribution in [0.2, 0.25) is 0 Å². The Kier molecular flexibility index (Phi) is 9.85. The molecule has 0 fully saturated rings. The number of aryl methyl sites for hydroxylation is 2. The van der Waals surface area contributed by atoms with Crippen LogP contribution in [0.5, 0.6) is 0 Å². The quantitative estimate of drug-likeness (QED) is 0.152. The predicted molar refractivity (Wildman–Crippen MR) is 264 cm³/mol. The lowest BCUT2D eigenvalue weighted by Gasteiger charge is -2.21. The average Bonchev–Trinajstić information content (AvgIpc) is 3.59. The van der Waals surface area contributed by atoms with Crippen LogP contribution in [0.4, 0.5) is 0 Å². The molecule has 2 aromatic heterocycles. The predicted octanol–water partition coefficient (Wildman–Crippen LogP) is 14.3. The molecule has 6 nitrogen and oxygen atoms in total. The van der Waals surface area contributed by atoms with Gasteiger partial charge in [0.1, 0.15) is 0 Å². The largest absolute Gasteiger partial charge is 0.208 e. The third kappa shape index (κ3) is 7.39. The number of benzene rings is 8. The molecule has 6 heteroatoms. The van der Waals surface area contributed by atoms with Gasteiger partial charge in [0.2, 0.25) is 0 Å². The van der Waals surface area contributed by atoms with Gasteiger partial charge >= 0.3 is 0 Å². The van der Waals surface area contributed by atoms with Gasteiger partial charge in [0.05, 0.1) is 0 Å².